The molecule has 0 spiro atoms. The topological polar surface area (TPSA) is 40.5 Å². The molecule has 3 nitrogen and oxygen atoms in total. The van der Waals surface area contributed by atoms with Crippen molar-refractivity contribution in [1.82, 2.24) is 4.90 Å². The average Bonchev–Trinajstić information content (AvgIpc) is 2.25. The van der Waals surface area contributed by atoms with E-state index >= 15 is 0 Å². The fraction of sp³-hybridized carbons (Fsp3) is 0.833. The third-order valence-corrected chi connectivity index (χ3v) is 2.74. The zero-order chi connectivity index (χ0) is 14.2. The van der Waals surface area contributed by atoms with Crippen LogP contribution in [0.15, 0.2) is 0 Å². The van der Waals surface area contributed by atoms with Crippen LogP contribution in [-0.4, -0.2) is 35.9 Å². The molecular weight excluding hydrogens is 299 g/mol. The van der Waals surface area contributed by atoms with E-state index in [4.69, 9.17) is 5.11 Å². The number of nitrogens with zero attached hydrogens (tertiary/aromatic N) is 1. The number of rotatable bonds is 8. The normalized spacial score (nSPS) is 12.7. The third-order valence-electron chi connectivity index (χ3n) is 2.74. The minimum atomic E-state index is -4.34. The molecule has 0 aromatic heterocycles. The van der Waals surface area contributed by atoms with Crippen LogP contribution >= 0.6 is 0 Å². The second-order valence-corrected chi connectivity index (χ2v) is 4.41. The monoisotopic (exact) mass is 320 g/mol. The van der Waals surface area contributed by atoms with E-state index in [-0.39, 0.29) is 23.8 Å². The molecule has 0 fully saturated rings. The summed E-state index contributed by atoms with van der Waals surface area (Å²) in [6.07, 6.45) is -0.725. The molecule has 0 aromatic carbocycles. The molecule has 1 amide bonds. The number of unbranched alkanes of at least 4 members (excludes halogenated alkanes) is 4. The van der Waals surface area contributed by atoms with Crippen LogP contribution in [0.25, 0.3) is 0 Å². The Hall–Kier alpha value is -0.408. The van der Waals surface area contributed by atoms with Crippen molar-refractivity contribution in [1.29, 1.82) is 0 Å². The van der Waals surface area contributed by atoms with Gasteiger partial charge in [0.2, 0.25) is 0 Å². The van der Waals surface area contributed by atoms with Gasteiger partial charge in [-0.15, -0.1) is 0 Å². The van der Waals surface area contributed by atoms with Crippen LogP contribution in [0, 0.1) is 12.3 Å². The van der Waals surface area contributed by atoms with E-state index in [0.29, 0.717) is 17.7 Å². The van der Waals surface area contributed by atoms with Gasteiger partial charge in [-0.05, 0) is 6.42 Å². The van der Waals surface area contributed by atoms with Crippen LogP contribution in [0.3, 0.4) is 0 Å². The first-order chi connectivity index (χ1) is 8.29. The van der Waals surface area contributed by atoms with Gasteiger partial charge in [-0.2, -0.15) is 26.0 Å². The molecule has 1 N–H and O–H groups in total. The van der Waals surface area contributed by atoms with Crippen molar-refractivity contribution in [3.63, 3.8) is 0 Å². The molecule has 19 heavy (non-hydrogen) atoms. The zero-order valence-corrected chi connectivity index (χ0v) is 12.5. The Labute approximate surface area is 123 Å². The molecule has 0 rings (SSSR count). The zero-order valence-electron chi connectivity index (χ0n) is 11.2. The fourth-order valence-electron chi connectivity index (χ4n) is 1.62. The Kier molecular flexibility index (Phi) is 11.4. The molecule has 0 heterocycles. The summed E-state index contributed by atoms with van der Waals surface area (Å²) in [6, 6.07) is 0. The van der Waals surface area contributed by atoms with Crippen LogP contribution in [0.5, 0.6) is 0 Å². The molecule has 0 aliphatic carbocycles. The Bertz CT molecular complexity index is 250. The number of carboxylic acid groups (broad SMARTS) is 1. The standard InChI is InChI=1S/C12H21F3NO2.Cr/c1-3-4-5-6-7-8-10(12(13,14)15)9-16(2)11(17)18;/h5,10H,3-4,6-9H2,1-2H3,(H,17,18);/q-1;. The van der Waals surface area contributed by atoms with E-state index in [9.17, 15) is 18.0 Å². The van der Waals surface area contributed by atoms with E-state index < -0.39 is 24.7 Å². The average molecular weight is 320 g/mol. The van der Waals surface area contributed by atoms with Crippen LogP contribution in [-0.2, 0) is 17.4 Å². The first kappa shape index (κ1) is 20.9. The number of hydrogen-bond acceptors (Lipinski definition) is 1. The number of halogens is 3. The second-order valence-electron chi connectivity index (χ2n) is 4.41. The Balaban J connectivity index is 0. The van der Waals surface area contributed by atoms with Crippen molar-refractivity contribution in [3.8, 4) is 0 Å². The van der Waals surface area contributed by atoms with E-state index in [1.165, 1.54) is 0 Å². The molecule has 1 unspecified atom stereocenters. The van der Waals surface area contributed by atoms with Crippen molar-refractivity contribution < 1.29 is 40.4 Å². The third kappa shape index (κ3) is 10.1. The predicted molar refractivity (Wildman–Crippen MR) is 63.3 cm³/mol. The second kappa shape index (κ2) is 10.4. The van der Waals surface area contributed by atoms with E-state index in [1.807, 2.05) is 13.3 Å². The van der Waals surface area contributed by atoms with Crippen molar-refractivity contribution in [2.45, 2.75) is 45.2 Å². The van der Waals surface area contributed by atoms with Crippen molar-refractivity contribution in [2.75, 3.05) is 13.6 Å². The summed E-state index contributed by atoms with van der Waals surface area (Å²) in [7, 11) is 1.16. The molecule has 0 aliphatic heterocycles. The fourth-order valence-corrected chi connectivity index (χ4v) is 1.62. The summed E-state index contributed by atoms with van der Waals surface area (Å²) in [4.78, 5) is 11.2. The van der Waals surface area contributed by atoms with Gasteiger partial charge < -0.3 is 16.4 Å². The van der Waals surface area contributed by atoms with Crippen molar-refractivity contribution in [3.05, 3.63) is 6.42 Å². The molecule has 7 heteroatoms. The van der Waals surface area contributed by atoms with Crippen LogP contribution in [0.2, 0.25) is 0 Å². The van der Waals surface area contributed by atoms with Gasteiger partial charge in [-0.25, -0.2) is 4.79 Å². The van der Waals surface area contributed by atoms with E-state index in [1.54, 1.807) is 0 Å². The maximum absolute atomic E-state index is 12.7. The van der Waals surface area contributed by atoms with Gasteiger partial charge in [-0.1, -0.05) is 19.8 Å². The van der Waals surface area contributed by atoms with Gasteiger partial charge in [-0.3, -0.25) is 0 Å². The first-order valence-corrected chi connectivity index (χ1v) is 6.11. The predicted octanol–water partition coefficient (Wildman–Crippen LogP) is 3.95. The number of carbonyl (C=O) groups is 1. The Morgan fingerprint density at radius 2 is 1.95 bits per heavy atom. The minimum absolute atomic E-state index is 0. The maximum Gasteiger partial charge on any atom is 0.407 e. The molecular formula is C12H21CrF3NO2-. The molecule has 0 bridgehead atoms. The molecule has 0 radical (unpaired) electrons. The van der Waals surface area contributed by atoms with Crippen LogP contribution in [0.4, 0.5) is 18.0 Å². The molecule has 0 aliphatic rings. The smallest absolute Gasteiger partial charge is 0.407 e. The van der Waals surface area contributed by atoms with E-state index in [0.717, 1.165) is 19.9 Å². The molecule has 0 aromatic rings. The van der Waals surface area contributed by atoms with E-state index in [2.05, 4.69) is 0 Å². The quantitative estimate of drug-likeness (QED) is 0.543. The molecule has 114 valence electrons. The van der Waals surface area contributed by atoms with Gasteiger partial charge >= 0.3 is 12.3 Å². The van der Waals surface area contributed by atoms with Gasteiger partial charge in [0, 0.05) is 31.0 Å². The molecule has 0 saturated heterocycles. The van der Waals surface area contributed by atoms with Gasteiger partial charge in [0.1, 0.15) is 0 Å². The first-order valence-electron chi connectivity index (χ1n) is 6.11. The van der Waals surface area contributed by atoms with Gasteiger partial charge in [0.05, 0.1) is 5.92 Å². The summed E-state index contributed by atoms with van der Waals surface area (Å²) in [5.41, 5.74) is 0. The summed E-state index contributed by atoms with van der Waals surface area (Å²) in [6.45, 7) is 1.52. The van der Waals surface area contributed by atoms with Crippen molar-refractivity contribution in [2.24, 2.45) is 5.92 Å². The summed E-state index contributed by atoms with van der Waals surface area (Å²) < 4.78 is 38.1. The molecule has 0 saturated carbocycles. The SMILES string of the molecule is CCC[CH-]CCCC(CN(C)C(=O)O)C(F)(F)F.[Cr]. The maximum atomic E-state index is 12.7. The summed E-state index contributed by atoms with van der Waals surface area (Å²) >= 11 is 0. The van der Waals surface area contributed by atoms with Crippen LogP contribution < -0.4 is 0 Å². The largest absolute Gasteiger partial charge is 0.465 e. The molecule has 1 atom stereocenters. The summed E-state index contributed by atoms with van der Waals surface area (Å²) in [5.74, 6) is -1.58. The number of hydrogen-bond donors (Lipinski definition) is 1. The Morgan fingerprint density at radius 1 is 1.37 bits per heavy atom. The van der Waals surface area contributed by atoms with Crippen molar-refractivity contribution >= 4 is 6.09 Å². The summed E-state index contributed by atoms with van der Waals surface area (Å²) in [5, 5.41) is 8.59. The number of alkyl halides is 3. The van der Waals surface area contributed by atoms with Gasteiger partial charge in [0.15, 0.2) is 0 Å². The number of amides is 1. The van der Waals surface area contributed by atoms with Gasteiger partial charge in [0.25, 0.3) is 0 Å². The van der Waals surface area contributed by atoms with Crippen LogP contribution in [0.1, 0.15) is 39.0 Å². The minimum Gasteiger partial charge on any atom is -0.465 e. The Morgan fingerprint density at radius 3 is 2.37 bits per heavy atom.